The van der Waals surface area contributed by atoms with Gasteiger partial charge in [-0.1, -0.05) is 32.9 Å². The van der Waals surface area contributed by atoms with Crippen LogP contribution >= 0.6 is 0 Å². The summed E-state index contributed by atoms with van der Waals surface area (Å²) in [5.74, 6) is 0.0631. The smallest absolute Gasteiger partial charge is 0.187 e. The van der Waals surface area contributed by atoms with Crippen molar-refractivity contribution < 1.29 is 174 Å². The average molecular weight is 1440 g/mol. The van der Waals surface area contributed by atoms with Crippen LogP contribution in [0.15, 0.2) is 12.2 Å². The molecule has 35 nitrogen and oxygen atoms in total. The van der Waals surface area contributed by atoms with Crippen LogP contribution in [0.4, 0.5) is 0 Å². The van der Waals surface area contributed by atoms with Crippen molar-refractivity contribution >= 4 is 0 Å². The van der Waals surface area contributed by atoms with Gasteiger partial charge in [0.05, 0.1) is 64.6 Å². The molecule has 11 rings (SSSR count). The quantitative estimate of drug-likeness (QED) is 0.0334. The first-order valence-electron chi connectivity index (χ1n) is 34.6. The molecule has 0 aromatic rings. The number of ether oxygens (including phenoxy) is 14. The van der Waals surface area contributed by atoms with Crippen LogP contribution in [-0.4, -0.2) is 369 Å². The lowest BCUT2D eigenvalue weighted by Crippen LogP contribution is -2.69. The molecule has 0 aromatic heterocycles. The van der Waals surface area contributed by atoms with Crippen LogP contribution in [0.1, 0.15) is 78.6 Å². The van der Waals surface area contributed by atoms with Crippen molar-refractivity contribution in [1.29, 1.82) is 0 Å². The lowest BCUT2D eigenvalue weighted by molar-refractivity contribution is -0.412. The number of fused-ring (bicyclic) bond motifs is 7. The highest BCUT2D eigenvalue weighted by molar-refractivity contribution is 5.16. The van der Waals surface area contributed by atoms with E-state index in [2.05, 4.69) is 27.4 Å². The Morgan fingerprint density at radius 1 is 0.444 bits per heavy atom. The fraction of sp³-hybridized carbons (Fsp3) is 0.969. The second-order valence-corrected chi connectivity index (χ2v) is 29.8. The Morgan fingerprint density at radius 3 is 1.45 bits per heavy atom. The van der Waals surface area contributed by atoms with E-state index >= 15 is 0 Å². The molecule has 0 aromatic carbocycles. The summed E-state index contributed by atoms with van der Waals surface area (Å²) >= 11 is 0. The summed E-state index contributed by atoms with van der Waals surface area (Å²) in [5.41, 5.74) is 0.196. The predicted molar refractivity (Wildman–Crippen MR) is 323 cm³/mol. The van der Waals surface area contributed by atoms with Gasteiger partial charge in [-0.3, -0.25) is 0 Å². The van der Waals surface area contributed by atoms with Gasteiger partial charge in [-0.05, 0) is 91.8 Å². The van der Waals surface area contributed by atoms with Gasteiger partial charge < -0.3 is 174 Å². The van der Waals surface area contributed by atoms with Gasteiger partial charge in [-0.25, -0.2) is 0 Å². The molecule has 21 N–H and O–H groups in total. The first-order chi connectivity index (χ1) is 47.0. The van der Waals surface area contributed by atoms with Gasteiger partial charge in [0.1, 0.15) is 146 Å². The number of methoxy groups -OCH3 is 1. The Hall–Kier alpha value is -1.66. The third kappa shape index (κ3) is 14.5. The van der Waals surface area contributed by atoms with Crippen molar-refractivity contribution in [2.45, 2.75) is 287 Å². The highest BCUT2D eigenvalue weighted by atomic mass is 16.8. The van der Waals surface area contributed by atoms with E-state index in [1.807, 2.05) is 0 Å². The number of hydrogen-bond acceptors (Lipinski definition) is 35. The van der Waals surface area contributed by atoms with E-state index in [0.29, 0.717) is 43.1 Å². The molecule has 35 heteroatoms. The predicted octanol–water partition coefficient (Wildman–Crippen LogP) is -8.76. The molecule has 572 valence electrons. The summed E-state index contributed by atoms with van der Waals surface area (Å²) in [6, 6.07) is 0. The molecular weight excluding hydrogens is 1330 g/mol. The molecule has 0 bridgehead atoms. The molecule has 0 unspecified atom stereocenters. The molecule has 7 saturated heterocycles. The standard InChI is InChI=1S/C64H106O35/c1-22(21-87-56-47(81)43(77)38(72)31(15-65)89-56)8-11-64(86-5)23(2)37-30(99-64)13-27-25-7-6-24-12-29(28(71)14-63(24,4)26(25)9-10-62(27,37)3)88-57-50(84)46(80)52(36(20-70)94-57)95-61-55(54(42(76)35(19-69)93-61)97-59-49(83)45(79)40(74)33(17-67)91-59)98-60-51(85)53(41(75)34(18-68)92-60)96-58-48(82)44(78)39(73)32(16-66)90-58/h23-61,65-85H,1,6-21H2,2-5H3/t23-,24-,25+,26-,27-,28+,29+,30-,31+,32+,33+,34+,35+,36+,37-,38+,39+,40+,41+,42+,43-,44-,45-,46+,47+,48+,49+,50+,51+,52-,53-,54-,55+,56+,57+,58-,59-,60-,61-,62-,63-,64+/m0/s1. The van der Waals surface area contributed by atoms with Gasteiger partial charge in [0.15, 0.2) is 43.5 Å². The van der Waals surface area contributed by atoms with Gasteiger partial charge in [0.25, 0.3) is 0 Å². The highest BCUT2D eigenvalue weighted by Crippen LogP contribution is 2.71. The average Bonchev–Trinajstić information content (AvgIpc) is 1.55. The van der Waals surface area contributed by atoms with E-state index in [-0.39, 0.29) is 47.2 Å². The van der Waals surface area contributed by atoms with Crippen LogP contribution in [0.25, 0.3) is 0 Å². The normalized spacial score (nSPS) is 54.7. The van der Waals surface area contributed by atoms with Gasteiger partial charge in [0, 0.05) is 19.4 Å². The minimum absolute atomic E-state index is 0.0223. The monoisotopic (exact) mass is 1430 g/mol. The van der Waals surface area contributed by atoms with E-state index in [4.69, 9.17) is 66.3 Å². The first-order valence-corrected chi connectivity index (χ1v) is 34.6. The minimum Gasteiger partial charge on any atom is -0.394 e. The van der Waals surface area contributed by atoms with Crippen molar-refractivity contribution in [1.82, 2.24) is 0 Å². The van der Waals surface area contributed by atoms with Crippen molar-refractivity contribution in [2.24, 2.45) is 46.3 Å². The molecule has 7 aliphatic heterocycles. The maximum Gasteiger partial charge on any atom is 0.187 e. The molecular formula is C64H106O35. The van der Waals surface area contributed by atoms with Crippen LogP contribution in [0.2, 0.25) is 0 Å². The maximum atomic E-state index is 12.2. The van der Waals surface area contributed by atoms with Gasteiger partial charge in [-0.15, -0.1) is 0 Å². The third-order valence-electron chi connectivity index (χ3n) is 24.4. The van der Waals surface area contributed by atoms with Crippen LogP contribution < -0.4 is 0 Å². The zero-order valence-electron chi connectivity index (χ0n) is 55.6. The van der Waals surface area contributed by atoms with E-state index in [1.54, 1.807) is 7.11 Å². The zero-order chi connectivity index (χ0) is 71.8. The molecule has 42 atom stereocenters. The Bertz CT molecular complexity index is 2620. The van der Waals surface area contributed by atoms with Gasteiger partial charge in [0.2, 0.25) is 0 Å². The SMILES string of the molecule is C=C(CC[C@@]1(OC)O[C@H]2C[C@H]3[C@@H]4CC[C@H]5C[C@@H](O[C@@H]6O[C@H](CO)[C@H](O[C@@H]7O[C@H](CO)[C@@H](O)[C@H](O[C@@H]8O[C@H](CO)[C@@H](O)[C@H](O)[C@H]8O)[C@H]7O[C@@H]7O[C@H](CO)[C@@H](O)[C@H](O[C@@H]8O[C@H](CO)[C@@H](O)[C@H](O)[C@H]8O)[C@H]7O)[C@H](O)[C@H]6O)[C@H](O)C[C@]5(C)[C@H]4CC[C@]3(C)[C@H]2[C@@H]1C)CO[C@@H]1O[C@H](CO)[C@@H](O)[C@H](O)[C@H]1O. The van der Waals surface area contributed by atoms with Gasteiger partial charge in [-0.2, -0.15) is 0 Å². The fourth-order valence-electron chi connectivity index (χ4n) is 18.8. The van der Waals surface area contributed by atoms with Crippen molar-refractivity contribution in [2.75, 3.05) is 53.4 Å². The Labute approximate surface area is 570 Å². The highest BCUT2D eigenvalue weighted by Gasteiger charge is 2.70. The Morgan fingerprint density at radius 2 is 0.899 bits per heavy atom. The molecule has 7 heterocycles. The maximum absolute atomic E-state index is 12.2. The summed E-state index contributed by atoms with van der Waals surface area (Å²) in [4.78, 5) is 0. The van der Waals surface area contributed by atoms with E-state index in [1.165, 1.54) is 0 Å². The minimum atomic E-state index is -2.27. The lowest BCUT2D eigenvalue weighted by Gasteiger charge is -2.62. The molecule has 4 saturated carbocycles. The largest absolute Gasteiger partial charge is 0.394 e. The van der Waals surface area contributed by atoms with E-state index in [0.717, 1.165) is 32.1 Å². The second-order valence-electron chi connectivity index (χ2n) is 29.8. The Kier molecular flexibility index (Phi) is 25.1. The van der Waals surface area contributed by atoms with Crippen molar-refractivity contribution in [3.8, 4) is 0 Å². The molecule has 4 aliphatic carbocycles. The van der Waals surface area contributed by atoms with Crippen molar-refractivity contribution in [3.63, 3.8) is 0 Å². The van der Waals surface area contributed by atoms with E-state index in [9.17, 15) is 107 Å². The van der Waals surface area contributed by atoms with Gasteiger partial charge >= 0.3 is 0 Å². The Balaban J connectivity index is 0.756. The summed E-state index contributed by atoms with van der Waals surface area (Å²) in [7, 11) is 1.64. The number of rotatable bonds is 23. The molecule has 11 fully saturated rings. The fourth-order valence-corrected chi connectivity index (χ4v) is 18.8. The lowest BCUT2D eigenvalue weighted by atomic mass is 9.44. The summed E-state index contributed by atoms with van der Waals surface area (Å²) in [6.07, 6.45) is -52.3. The van der Waals surface area contributed by atoms with Crippen LogP contribution in [-0.2, 0) is 66.3 Å². The number of hydrogen-bond donors (Lipinski definition) is 21. The zero-order valence-corrected chi connectivity index (χ0v) is 55.6. The number of aliphatic hydroxyl groups excluding tert-OH is 21. The van der Waals surface area contributed by atoms with Crippen LogP contribution in [0, 0.1) is 46.3 Å². The topological polar surface area (TPSA) is 554 Å². The third-order valence-corrected chi connectivity index (χ3v) is 24.4. The summed E-state index contributed by atoms with van der Waals surface area (Å²) < 4.78 is 84.3. The van der Waals surface area contributed by atoms with Crippen LogP contribution in [0.5, 0.6) is 0 Å². The van der Waals surface area contributed by atoms with E-state index < -0.39 is 242 Å². The molecule has 0 amide bonds. The summed E-state index contributed by atoms with van der Waals surface area (Å²) in [6.45, 7) is 5.46. The first kappa shape index (κ1) is 78.4. The molecule has 99 heavy (non-hydrogen) atoms. The molecule has 11 aliphatic rings. The number of aliphatic hydroxyl groups is 21. The van der Waals surface area contributed by atoms with Crippen LogP contribution in [0.3, 0.4) is 0 Å². The molecule has 0 spiro atoms. The summed E-state index contributed by atoms with van der Waals surface area (Å²) in [5, 5.41) is 228. The molecule has 0 radical (unpaired) electrons. The van der Waals surface area contributed by atoms with Crippen molar-refractivity contribution in [3.05, 3.63) is 12.2 Å². The second kappa shape index (κ2) is 31.6.